The minimum absolute atomic E-state index is 0.0966. The predicted molar refractivity (Wildman–Crippen MR) is 125 cm³/mol. The molecule has 5 nitrogen and oxygen atoms in total. The highest BCUT2D eigenvalue weighted by Crippen LogP contribution is 2.33. The number of rotatable bonds is 5. The van der Waals surface area contributed by atoms with E-state index >= 15 is 0 Å². The van der Waals surface area contributed by atoms with E-state index in [0.29, 0.717) is 22.1 Å². The normalized spacial score (nSPS) is 11.1. The van der Waals surface area contributed by atoms with Crippen LogP contribution in [0, 0.1) is 0 Å². The molecule has 0 saturated carbocycles. The van der Waals surface area contributed by atoms with Gasteiger partial charge in [-0.1, -0.05) is 71.9 Å². The summed E-state index contributed by atoms with van der Waals surface area (Å²) < 4.78 is 3.59. The van der Waals surface area contributed by atoms with Crippen LogP contribution < -0.4 is 5.56 Å². The highest BCUT2D eigenvalue weighted by molar-refractivity contribution is 7.98. The number of para-hydroxylation sites is 1. The maximum atomic E-state index is 12.4. The van der Waals surface area contributed by atoms with Crippen LogP contribution in [0.2, 0.25) is 5.02 Å². The van der Waals surface area contributed by atoms with E-state index in [0.717, 1.165) is 22.1 Å². The van der Waals surface area contributed by atoms with Gasteiger partial charge in [-0.2, -0.15) is 0 Å². The lowest BCUT2D eigenvalue weighted by molar-refractivity contribution is 0.899. The van der Waals surface area contributed by atoms with Gasteiger partial charge in [0.05, 0.1) is 28.3 Å². The van der Waals surface area contributed by atoms with Crippen LogP contribution in [-0.2, 0) is 5.75 Å². The van der Waals surface area contributed by atoms with Crippen LogP contribution in [0.4, 0.5) is 0 Å². The van der Waals surface area contributed by atoms with Gasteiger partial charge < -0.3 is 0 Å². The molecule has 5 aromatic rings. The summed E-state index contributed by atoms with van der Waals surface area (Å²) in [4.78, 5) is 21.7. The predicted octanol–water partition coefficient (Wildman–Crippen LogP) is 5.49. The monoisotopic (exact) mass is 444 g/mol. The number of fused-ring (bicyclic) bond motifs is 1. The molecule has 0 spiro atoms. The summed E-state index contributed by atoms with van der Waals surface area (Å²) in [5.74, 6) is 0.510. The van der Waals surface area contributed by atoms with Crippen molar-refractivity contribution in [1.29, 1.82) is 0 Å². The lowest BCUT2D eigenvalue weighted by atomic mass is 10.1. The Balaban J connectivity index is 1.55. The SMILES string of the molecule is O=c1cc(CSc2ncc(-c3ccccc3)n2-c2ccccc2Cl)nc2ccccn12. The third-order valence-corrected chi connectivity index (χ3v) is 6.17. The Morgan fingerprint density at radius 2 is 1.71 bits per heavy atom. The zero-order valence-electron chi connectivity index (χ0n) is 16.4. The molecule has 0 aliphatic rings. The third-order valence-electron chi connectivity index (χ3n) is 4.87. The second-order valence-electron chi connectivity index (χ2n) is 6.88. The zero-order chi connectivity index (χ0) is 21.2. The molecule has 0 N–H and O–H groups in total. The second kappa shape index (κ2) is 8.41. The number of hydrogen-bond acceptors (Lipinski definition) is 4. The molecule has 0 bridgehead atoms. The fourth-order valence-electron chi connectivity index (χ4n) is 3.43. The molecule has 0 saturated heterocycles. The zero-order valence-corrected chi connectivity index (χ0v) is 17.9. The number of thioether (sulfide) groups is 1. The molecule has 0 aliphatic heterocycles. The fraction of sp³-hybridized carbons (Fsp3) is 0.0417. The van der Waals surface area contributed by atoms with Gasteiger partial charge in [-0.25, -0.2) is 9.97 Å². The lowest BCUT2D eigenvalue weighted by Gasteiger charge is -2.13. The topological polar surface area (TPSA) is 52.2 Å². The molecule has 3 aromatic heterocycles. The number of imidazole rings is 1. The summed E-state index contributed by atoms with van der Waals surface area (Å²) >= 11 is 8.06. The van der Waals surface area contributed by atoms with E-state index in [-0.39, 0.29) is 5.56 Å². The molecule has 3 heterocycles. The summed E-state index contributed by atoms with van der Waals surface area (Å²) in [7, 11) is 0. The molecule has 152 valence electrons. The minimum Gasteiger partial charge on any atom is -0.286 e. The molecule has 31 heavy (non-hydrogen) atoms. The number of nitrogens with zero attached hydrogens (tertiary/aromatic N) is 4. The van der Waals surface area contributed by atoms with Crippen LogP contribution in [-0.4, -0.2) is 18.9 Å². The van der Waals surface area contributed by atoms with Crippen molar-refractivity contribution in [1.82, 2.24) is 18.9 Å². The van der Waals surface area contributed by atoms with Crippen molar-refractivity contribution >= 4 is 29.0 Å². The van der Waals surface area contributed by atoms with Gasteiger partial charge in [-0.15, -0.1) is 0 Å². The quantitative estimate of drug-likeness (QED) is 0.336. The van der Waals surface area contributed by atoms with Gasteiger partial charge in [0.1, 0.15) is 5.65 Å². The maximum Gasteiger partial charge on any atom is 0.258 e. The minimum atomic E-state index is -0.0966. The third kappa shape index (κ3) is 3.87. The van der Waals surface area contributed by atoms with E-state index in [2.05, 4.69) is 14.5 Å². The molecule has 5 rings (SSSR count). The van der Waals surface area contributed by atoms with Crippen LogP contribution in [0.3, 0.4) is 0 Å². The summed E-state index contributed by atoms with van der Waals surface area (Å²) in [6.45, 7) is 0. The average Bonchev–Trinajstić information content (AvgIpc) is 3.22. The summed E-state index contributed by atoms with van der Waals surface area (Å²) in [6.07, 6.45) is 3.57. The first-order valence-corrected chi connectivity index (χ1v) is 11.1. The first-order valence-electron chi connectivity index (χ1n) is 9.69. The molecular weight excluding hydrogens is 428 g/mol. The summed E-state index contributed by atoms with van der Waals surface area (Å²) in [5.41, 5.74) is 4.09. The van der Waals surface area contributed by atoms with Gasteiger partial charge >= 0.3 is 0 Å². The second-order valence-corrected chi connectivity index (χ2v) is 8.23. The van der Waals surface area contributed by atoms with Crippen LogP contribution >= 0.6 is 23.4 Å². The first-order chi connectivity index (χ1) is 15.2. The number of benzene rings is 2. The van der Waals surface area contributed by atoms with Gasteiger partial charge in [0.2, 0.25) is 0 Å². The number of pyridine rings is 1. The number of aromatic nitrogens is 4. The first kappa shape index (κ1) is 19.6. The Hall–Kier alpha value is -3.35. The highest BCUT2D eigenvalue weighted by Gasteiger charge is 2.16. The van der Waals surface area contributed by atoms with Gasteiger partial charge in [0.15, 0.2) is 5.16 Å². The van der Waals surface area contributed by atoms with Crippen LogP contribution in [0.1, 0.15) is 5.69 Å². The maximum absolute atomic E-state index is 12.4. The standard InChI is InChI=1S/C24H17ClN4OS/c25-19-10-4-5-11-20(19)29-21(17-8-2-1-3-9-17)15-26-24(29)31-16-18-14-23(30)28-13-7-6-12-22(28)27-18/h1-15H,16H2. The van der Waals surface area contributed by atoms with Crippen molar-refractivity contribution in [2.24, 2.45) is 0 Å². The molecule has 0 radical (unpaired) electrons. The van der Waals surface area contributed by atoms with E-state index in [9.17, 15) is 4.79 Å². The van der Waals surface area contributed by atoms with Crippen molar-refractivity contribution in [3.05, 3.63) is 112 Å². The fourth-order valence-corrected chi connectivity index (χ4v) is 4.53. The molecular formula is C24H17ClN4OS. The molecule has 7 heteroatoms. The van der Waals surface area contributed by atoms with E-state index < -0.39 is 0 Å². The Morgan fingerprint density at radius 1 is 0.935 bits per heavy atom. The molecule has 0 amide bonds. The van der Waals surface area contributed by atoms with Gasteiger partial charge in [0, 0.05) is 23.6 Å². The smallest absolute Gasteiger partial charge is 0.258 e. The van der Waals surface area contributed by atoms with Crippen LogP contribution in [0.15, 0.2) is 101 Å². The van der Waals surface area contributed by atoms with E-state index in [1.807, 2.05) is 79.0 Å². The van der Waals surface area contributed by atoms with Crippen LogP contribution in [0.5, 0.6) is 0 Å². The van der Waals surface area contributed by atoms with E-state index in [1.54, 1.807) is 12.3 Å². The Kier molecular flexibility index (Phi) is 5.32. The molecule has 0 aliphatic carbocycles. The van der Waals surface area contributed by atoms with E-state index in [4.69, 9.17) is 11.6 Å². The van der Waals surface area contributed by atoms with Crippen molar-refractivity contribution in [2.45, 2.75) is 10.9 Å². The van der Waals surface area contributed by atoms with Crippen molar-refractivity contribution in [3.8, 4) is 16.9 Å². The van der Waals surface area contributed by atoms with Crippen LogP contribution in [0.25, 0.3) is 22.6 Å². The van der Waals surface area contributed by atoms with Crippen molar-refractivity contribution in [3.63, 3.8) is 0 Å². The lowest BCUT2D eigenvalue weighted by Crippen LogP contribution is -2.14. The van der Waals surface area contributed by atoms with Crippen molar-refractivity contribution in [2.75, 3.05) is 0 Å². The van der Waals surface area contributed by atoms with Gasteiger partial charge in [-0.05, 0) is 24.3 Å². The Labute approximate surface area is 188 Å². The largest absolute Gasteiger partial charge is 0.286 e. The molecule has 2 aromatic carbocycles. The average molecular weight is 445 g/mol. The number of hydrogen-bond donors (Lipinski definition) is 0. The Morgan fingerprint density at radius 3 is 2.55 bits per heavy atom. The number of halogens is 1. The van der Waals surface area contributed by atoms with Gasteiger partial charge in [-0.3, -0.25) is 13.8 Å². The molecule has 0 fully saturated rings. The molecule has 0 unspecified atom stereocenters. The van der Waals surface area contributed by atoms with E-state index in [1.165, 1.54) is 16.2 Å². The van der Waals surface area contributed by atoms with Gasteiger partial charge in [0.25, 0.3) is 5.56 Å². The summed E-state index contributed by atoms with van der Waals surface area (Å²) in [5, 5.41) is 1.42. The summed E-state index contributed by atoms with van der Waals surface area (Å²) in [6, 6.07) is 24.9. The highest BCUT2D eigenvalue weighted by atomic mass is 35.5. The van der Waals surface area contributed by atoms with Crippen molar-refractivity contribution < 1.29 is 0 Å². The molecule has 0 atom stereocenters. The Bertz CT molecular complexity index is 1430.